The molecule has 0 spiro atoms. The molecule has 0 aliphatic rings. The molecule has 0 aliphatic heterocycles. The lowest BCUT2D eigenvalue weighted by Gasteiger charge is -2.16. The Morgan fingerprint density at radius 1 is 0.962 bits per heavy atom. The van der Waals surface area contributed by atoms with Crippen LogP contribution in [0.4, 0.5) is 4.39 Å². The Labute approximate surface area is 152 Å². The van der Waals surface area contributed by atoms with Crippen molar-refractivity contribution in [1.29, 1.82) is 0 Å². The van der Waals surface area contributed by atoms with Crippen LogP contribution in [0.25, 0.3) is 11.1 Å². The third-order valence-corrected chi connectivity index (χ3v) is 4.08. The predicted molar refractivity (Wildman–Crippen MR) is 100 cm³/mol. The molecule has 0 radical (unpaired) electrons. The van der Waals surface area contributed by atoms with Crippen LogP contribution in [0.2, 0.25) is 0 Å². The van der Waals surface area contributed by atoms with Crippen LogP contribution in [0.15, 0.2) is 78.9 Å². The molecule has 1 N–H and O–H groups in total. The molecule has 1 unspecified atom stereocenters. The summed E-state index contributed by atoms with van der Waals surface area (Å²) in [5, 5.41) is 2.86. The van der Waals surface area contributed by atoms with Gasteiger partial charge in [0.25, 0.3) is 5.91 Å². The molecule has 0 saturated carbocycles. The molecule has 0 fully saturated rings. The maximum absolute atomic E-state index is 13.0. The van der Waals surface area contributed by atoms with E-state index in [0.717, 1.165) is 16.7 Å². The summed E-state index contributed by atoms with van der Waals surface area (Å²) in [6.07, 6.45) is 0. The van der Waals surface area contributed by atoms with Crippen LogP contribution in [0.1, 0.15) is 18.5 Å². The quantitative estimate of drug-likeness (QED) is 0.697. The number of rotatable bonds is 6. The molecule has 0 heterocycles. The summed E-state index contributed by atoms with van der Waals surface area (Å²) in [5.41, 5.74) is 2.81. The van der Waals surface area contributed by atoms with E-state index in [1.807, 2.05) is 61.5 Å². The number of ether oxygens (including phenoxy) is 1. The molecule has 26 heavy (non-hydrogen) atoms. The molecule has 132 valence electrons. The maximum atomic E-state index is 13.0. The maximum Gasteiger partial charge on any atom is 0.258 e. The predicted octanol–water partition coefficient (Wildman–Crippen LogP) is 4.75. The van der Waals surface area contributed by atoms with E-state index in [4.69, 9.17) is 4.74 Å². The summed E-state index contributed by atoms with van der Waals surface area (Å²) in [4.78, 5) is 12.2. The first-order valence-corrected chi connectivity index (χ1v) is 8.45. The van der Waals surface area contributed by atoms with Crippen molar-refractivity contribution < 1.29 is 13.9 Å². The van der Waals surface area contributed by atoms with Crippen molar-refractivity contribution >= 4 is 5.91 Å². The Kier molecular flexibility index (Phi) is 5.64. The zero-order valence-corrected chi connectivity index (χ0v) is 14.5. The van der Waals surface area contributed by atoms with Crippen molar-refractivity contribution in [1.82, 2.24) is 5.32 Å². The van der Waals surface area contributed by atoms with Crippen LogP contribution in [0.5, 0.6) is 5.75 Å². The van der Waals surface area contributed by atoms with Gasteiger partial charge in [-0.2, -0.15) is 0 Å². The fraction of sp³-hybridized carbons (Fsp3) is 0.136. The van der Waals surface area contributed by atoms with Crippen molar-refractivity contribution in [2.75, 3.05) is 6.61 Å². The summed E-state index contributed by atoms with van der Waals surface area (Å²) in [6, 6.07) is 23.3. The smallest absolute Gasteiger partial charge is 0.258 e. The second-order valence-electron chi connectivity index (χ2n) is 5.99. The van der Waals surface area contributed by atoms with Gasteiger partial charge in [0.1, 0.15) is 11.6 Å². The summed E-state index contributed by atoms with van der Waals surface area (Å²) in [5.74, 6) is 0.126. The minimum Gasteiger partial charge on any atom is -0.483 e. The van der Waals surface area contributed by atoms with Gasteiger partial charge in [0.15, 0.2) is 6.61 Å². The summed E-state index contributed by atoms with van der Waals surface area (Å²) in [7, 11) is 0. The molecule has 1 amide bonds. The van der Waals surface area contributed by atoms with E-state index in [1.54, 1.807) is 12.1 Å². The van der Waals surface area contributed by atoms with Crippen LogP contribution >= 0.6 is 0 Å². The van der Waals surface area contributed by atoms with E-state index in [-0.39, 0.29) is 24.4 Å². The second kappa shape index (κ2) is 8.30. The first-order chi connectivity index (χ1) is 12.6. The van der Waals surface area contributed by atoms with Crippen LogP contribution in [-0.4, -0.2) is 12.5 Å². The van der Waals surface area contributed by atoms with Gasteiger partial charge >= 0.3 is 0 Å². The Balaban J connectivity index is 1.62. The fourth-order valence-corrected chi connectivity index (χ4v) is 2.71. The Bertz CT molecular complexity index is 863. The van der Waals surface area contributed by atoms with Crippen molar-refractivity contribution in [3.8, 4) is 16.9 Å². The van der Waals surface area contributed by atoms with Gasteiger partial charge in [-0.15, -0.1) is 0 Å². The zero-order valence-electron chi connectivity index (χ0n) is 14.5. The van der Waals surface area contributed by atoms with Gasteiger partial charge in [-0.25, -0.2) is 4.39 Å². The standard InChI is InChI=1S/C22H20FNO2/c1-16(17-11-13-19(23)14-12-17)24-22(25)15-26-21-10-6-5-9-20(21)18-7-3-2-4-8-18/h2-14,16H,15H2,1H3,(H,24,25). The van der Waals surface area contributed by atoms with Crippen LogP contribution in [-0.2, 0) is 4.79 Å². The summed E-state index contributed by atoms with van der Waals surface area (Å²) in [6.45, 7) is 1.76. The lowest BCUT2D eigenvalue weighted by atomic mass is 10.1. The highest BCUT2D eigenvalue weighted by Gasteiger charge is 2.12. The number of halogens is 1. The third-order valence-electron chi connectivity index (χ3n) is 4.08. The molecule has 0 aliphatic carbocycles. The largest absolute Gasteiger partial charge is 0.483 e. The summed E-state index contributed by atoms with van der Waals surface area (Å²) >= 11 is 0. The van der Waals surface area contributed by atoms with Gasteiger partial charge in [-0.05, 0) is 36.2 Å². The zero-order chi connectivity index (χ0) is 18.4. The van der Waals surface area contributed by atoms with Crippen molar-refractivity contribution in [3.05, 3.63) is 90.2 Å². The van der Waals surface area contributed by atoms with Gasteiger partial charge < -0.3 is 10.1 Å². The van der Waals surface area contributed by atoms with E-state index < -0.39 is 0 Å². The van der Waals surface area contributed by atoms with Gasteiger partial charge in [0.05, 0.1) is 6.04 Å². The van der Waals surface area contributed by atoms with Crippen LogP contribution in [0.3, 0.4) is 0 Å². The van der Waals surface area contributed by atoms with Gasteiger partial charge in [-0.1, -0.05) is 60.7 Å². The topological polar surface area (TPSA) is 38.3 Å². The Hall–Kier alpha value is -3.14. The first-order valence-electron chi connectivity index (χ1n) is 8.45. The van der Waals surface area contributed by atoms with E-state index >= 15 is 0 Å². The van der Waals surface area contributed by atoms with Crippen molar-refractivity contribution in [2.24, 2.45) is 0 Å². The highest BCUT2D eigenvalue weighted by Crippen LogP contribution is 2.29. The normalized spacial score (nSPS) is 11.6. The van der Waals surface area contributed by atoms with Gasteiger partial charge in [-0.3, -0.25) is 4.79 Å². The molecule has 0 bridgehead atoms. The second-order valence-corrected chi connectivity index (χ2v) is 5.99. The minimum absolute atomic E-state index is 0.0879. The molecule has 0 aromatic heterocycles. The van der Waals surface area contributed by atoms with E-state index in [2.05, 4.69) is 5.32 Å². The minimum atomic E-state index is -0.298. The molecule has 4 heteroatoms. The van der Waals surface area contributed by atoms with Crippen LogP contribution < -0.4 is 10.1 Å². The third kappa shape index (κ3) is 4.48. The first kappa shape index (κ1) is 17.7. The number of para-hydroxylation sites is 1. The molecule has 3 rings (SSSR count). The van der Waals surface area contributed by atoms with E-state index in [1.165, 1.54) is 12.1 Å². The number of benzene rings is 3. The molecule has 3 aromatic rings. The van der Waals surface area contributed by atoms with Crippen molar-refractivity contribution in [2.45, 2.75) is 13.0 Å². The summed E-state index contributed by atoms with van der Waals surface area (Å²) < 4.78 is 18.7. The molecule has 3 aromatic carbocycles. The lowest BCUT2D eigenvalue weighted by Crippen LogP contribution is -2.31. The van der Waals surface area contributed by atoms with E-state index in [0.29, 0.717) is 5.75 Å². The molecule has 1 atom stereocenters. The number of amides is 1. The highest BCUT2D eigenvalue weighted by atomic mass is 19.1. The Morgan fingerprint density at radius 2 is 1.62 bits per heavy atom. The molecular formula is C22H20FNO2. The van der Waals surface area contributed by atoms with Crippen molar-refractivity contribution in [3.63, 3.8) is 0 Å². The highest BCUT2D eigenvalue weighted by molar-refractivity contribution is 5.78. The van der Waals surface area contributed by atoms with E-state index in [9.17, 15) is 9.18 Å². The average Bonchev–Trinajstić information content (AvgIpc) is 2.68. The van der Waals surface area contributed by atoms with Crippen LogP contribution in [0, 0.1) is 5.82 Å². The number of nitrogens with one attached hydrogen (secondary N) is 1. The number of hydrogen-bond donors (Lipinski definition) is 1. The van der Waals surface area contributed by atoms with Gasteiger partial charge in [0.2, 0.25) is 0 Å². The SMILES string of the molecule is CC(NC(=O)COc1ccccc1-c1ccccc1)c1ccc(F)cc1. The Morgan fingerprint density at radius 3 is 2.35 bits per heavy atom. The molecular weight excluding hydrogens is 329 g/mol. The number of hydrogen-bond acceptors (Lipinski definition) is 2. The van der Waals surface area contributed by atoms with Gasteiger partial charge in [0, 0.05) is 5.56 Å². The monoisotopic (exact) mass is 349 g/mol. The molecule has 0 saturated heterocycles. The fourth-order valence-electron chi connectivity index (χ4n) is 2.71. The molecule has 3 nitrogen and oxygen atoms in total. The average molecular weight is 349 g/mol. The lowest BCUT2D eigenvalue weighted by molar-refractivity contribution is -0.123. The number of carbonyl (C=O) groups is 1. The number of carbonyl (C=O) groups excluding carboxylic acids is 1.